The van der Waals surface area contributed by atoms with Crippen molar-refractivity contribution in [2.24, 2.45) is 0 Å². The van der Waals surface area contributed by atoms with E-state index in [9.17, 15) is 4.79 Å². The van der Waals surface area contributed by atoms with Gasteiger partial charge in [-0.2, -0.15) is 4.98 Å². The highest BCUT2D eigenvalue weighted by atomic mass is 16.5. The van der Waals surface area contributed by atoms with Crippen molar-refractivity contribution in [3.05, 3.63) is 35.0 Å². The summed E-state index contributed by atoms with van der Waals surface area (Å²) in [5.74, 6) is 1.92. The molecule has 1 aliphatic rings. The summed E-state index contributed by atoms with van der Waals surface area (Å²) in [5.41, 5.74) is 1.31. The van der Waals surface area contributed by atoms with E-state index in [1.165, 1.54) is 0 Å². The number of likely N-dealkylation sites (tertiary alicyclic amines) is 1. The molecule has 1 amide bonds. The fraction of sp³-hybridized carbons (Fsp3) is 0.611. The first-order valence-corrected chi connectivity index (χ1v) is 9.03. The van der Waals surface area contributed by atoms with E-state index in [0.29, 0.717) is 35.8 Å². The topological polar surface area (TPSA) is 88.3 Å². The zero-order chi connectivity index (χ0) is 18.7. The van der Waals surface area contributed by atoms with Crippen molar-refractivity contribution in [3.63, 3.8) is 0 Å². The maximum absolute atomic E-state index is 12.8. The number of carbonyl (C=O) groups is 1. The SMILES string of the molecule is Cc1cc(C(=O)N2CCCC(N(C)Cc3noc(C)n3)CC2)nc(C)n1. The van der Waals surface area contributed by atoms with Crippen molar-refractivity contribution in [2.45, 2.75) is 52.6 Å². The van der Waals surface area contributed by atoms with Gasteiger partial charge in [-0.1, -0.05) is 5.16 Å². The van der Waals surface area contributed by atoms with Crippen LogP contribution in [-0.2, 0) is 6.54 Å². The van der Waals surface area contributed by atoms with Gasteiger partial charge in [0.25, 0.3) is 5.91 Å². The van der Waals surface area contributed by atoms with Crippen molar-refractivity contribution in [1.29, 1.82) is 0 Å². The number of hydrogen-bond acceptors (Lipinski definition) is 7. The number of amides is 1. The first-order chi connectivity index (χ1) is 12.4. The van der Waals surface area contributed by atoms with Gasteiger partial charge >= 0.3 is 0 Å². The average Bonchev–Trinajstić information content (AvgIpc) is 2.84. The minimum absolute atomic E-state index is 0.00399. The molecule has 2 aromatic heterocycles. The van der Waals surface area contributed by atoms with E-state index in [1.807, 2.05) is 18.7 Å². The third kappa shape index (κ3) is 4.43. The van der Waals surface area contributed by atoms with Gasteiger partial charge in [0.15, 0.2) is 5.82 Å². The standard InChI is InChI=1S/C18H26N6O2/c1-12-10-16(20-13(2)19-12)18(25)24-8-5-6-15(7-9-24)23(4)11-17-21-14(3)26-22-17/h10,15H,5-9,11H2,1-4H3. The molecule has 0 aromatic carbocycles. The zero-order valence-electron chi connectivity index (χ0n) is 15.9. The lowest BCUT2D eigenvalue weighted by molar-refractivity contribution is 0.0750. The number of aryl methyl sites for hydroxylation is 3. The molecule has 3 heterocycles. The first kappa shape index (κ1) is 18.4. The van der Waals surface area contributed by atoms with Gasteiger partial charge in [-0.25, -0.2) is 9.97 Å². The number of aromatic nitrogens is 4. The van der Waals surface area contributed by atoms with Crippen LogP contribution in [0.5, 0.6) is 0 Å². The van der Waals surface area contributed by atoms with E-state index in [4.69, 9.17) is 4.52 Å². The van der Waals surface area contributed by atoms with E-state index < -0.39 is 0 Å². The molecule has 1 atom stereocenters. The molecular weight excluding hydrogens is 332 g/mol. The smallest absolute Gasteiger partial charge is 0.272 e. The molecule has 2 aromatic rings. The Labute approximate surface area is 153 Å². The lowest BCUT2D eigenvalue weighted by atomic mass is 10.1. The molecule has 1 saturated heterocycles. The molecule has 8 nitrogen and oxygen atoms in total. The summed E-state index contributed by atoms with van der Waals surface area (Å²) < 4.78 is 5.04. The molecule has 0 saturated carbocycles. The van der Waals surface area contributed by atoms with Crippen molar-refractivity contribution in [3.8, 4) is 0 Å². The highest BCUT2D eigenvalue weighted by Crippen LogP contribution is 2.19. The third-order valence-corrected chi connectivity index (χ3v) is 4.75. The number of rotatable bonds is 4. The third-order valence-electron chi connectivity index (χ3n) is 4.75. The van der Waals surface area contributed by atoms with Gasteiger partial charge in [-0.05, 0) is 46.2 Å². The summed E-state index contributed by atoms with van der Waals surface area (Å²) in [6.07, 6.45) is 2.93. The van der Waals surface area contributed by atoms with Gasteiger partial charge in [-0.15, -0.1) is 0 Å². The Bertz CT molecular complexity index is 755. The largest absolute Gasteiger partial charge is 0.340 e. The second-order valence-corrected chi connectivity index (χ2v) is 6.96. The molecule has 8 heteroatoms. The predicted molar refractivity (Wildman–Crippen MR) is 95.6 cm³/mol. The lowest BCUT2D eigenvalue weighted by Gasteiger charge is -2.26. The fourth-order valence-corrected chi connectivity index (χ4v) is 3.47. The normalized spacial score (nSPS) is 18.2. The molecule has 140 valence electrons. The fourth-order valence-electron chi connectivity index (χ4n) is 3.47. The summed E-state index contributed by atoms with van der Waals surface area (Å²) in [6.45, 7) is 7.63. The van der Waals surface area contributed by atoms with Crippen LogP contribution in [0.2, 0.25) is 0 Å². The van der Waals surface area contributed by atoms with E-state index >= 15 is 0 Å². The van der Waals surface area contributed by atoms with Crippen molar-refractivity contribution in [2.75, 3.05) is 20.1 Å². The van der Waals surface area contributed by atoms with Crippen LogP contribution in [0.15, 0.2) is 10.6 Å². The highest BCUT2D eigenvalue weighted by Gasteiger charge is 2.25. The van der Waals surface area contributed by atoms with E-state index in [0.717, 1.165) is 38.0 Å². The first-order valence-electron chi connectivity index (χ1n) is 9.03. The summed E-state index contributed by atoms with van der Waals surface area (Å²) in [4.78, 5) is 29.8. The maximum Gasteiger partial charge on any atom is 0.272 e. The second-order valence-electron chi connectivity index (χ2n) is 6.96. The van der Waals surface area contributed by atoms with Crippen molar-refractivity contribution < 1.29 is 9.32 Å². The van der Waals surface area contributed by atoms with Gasteiger partial charge in [0.05, 0.1) is 6.54 Å². The van der Waals surface area contributed by atoms with Crippen LogP contribution in [-0.4, -0.2) is 62.0 Å². The Balaban J connectivity index is 1.61. The Morgan fingerprint density at radius 3 is 2.73 bits per heavy atom. The monoisotopic (exact) mass is 358 g/mol. The van der Waals surface area contributed by atoms with Crippen LogP contribution < -0.4 is 0 Å². The molecule has 26 heavy (non-hydrogen) atoms. The summed E-state index contributed by atoms with van der Waals surface area (Å²) in [6, 6.07) is 2.16. The quantitative estimate of drug-likeness (QED) is 0.825. The Morgan fingerprint density at radius 1 is 1.23 bits per heavy atom. The number of carbonyl (C=O) groups excluding carboxylic acids is 1. The van der Waals surface area contributed by atoms with E-state index in [-0.39, 0.29) is 5.91 Å². The van der Waals surface area contributed by atoms with Crippen LogP contribution in [0.25, 0.3) is 0 Å². The number of nitrogens with zero attached hydrogens (tertiary/aromatic N) is 6. The predicted octanol–water partition coefficient (Wildman–Crippen LogP) is 1.91. The van der Waals surface area contributed by atoms with Gasteiger partial charge in [-0.3, -0.25) is 9.69 Å². The molecule has 1 aliphatic heterocycles. The average molecular weight is 358 g/mol. The van der Waals surface area contributed by atoms with Crippen LogP contribution in [0.3, 0.4) is 0 Å². The van der Waals surface area contributed by atoms with Crippen LogP contribution in [0.1, 0.15) is 53.0 Å². The summed E-state index contributed by atoms with van der Waals surface area (Å²) >= 11 is 0. The highest BCUT2D eigenvalue weighted by molar-refractivity contribution is 5.92. The Morgan fingerprint density at radius 2 is 2.04 bits per heavy atom. The summed E-state index contributed by atoms with van der Waals surface area (Å²) in [5, 5.41) is 3.97. The second kappa shape index (κ2) is 7.90. The zero-order valence-corrected chi connectivity index (χ0v) is 15.9. The van der Waals surface area contributed by atoms with Crippen LogP contribution in [0, 0.1) is 20.8 Å². The molecule has 0 bridgehead atoms. The van der Waals surface area contributed by atoms with Gasteiger partial charge in [0, 0.05) is 31.7 Å². The van der Waals surface area contributed by atoms with Gasteiger partial charge < -0.3 is 9.42 Å². The minimum Gasteiger partial charge on any atom is -0.340 e. The minimum atomic E-state index is -0.00399. The maximum atomic E-state index is 12.8. The molecule has 0 radical (unpaired) electrons. The molecule has 0 spiro atoms. The van der Waals surface area contributed by atoms with E-state index in [1.54, 1.807) is 13.0 Å². The van der Waals surface area contributed by atoms with Crippen molar-refractivity contribution >= 4 is 5.91 Å². The van der Waals surface area contributed by atoms with Gasteiger partial charge in [0.1, 0.15) is 11.5 Å². The molecule has 1 unspecified atom stereocenters. The van der Waals surface area contributed by atoms with Crippen LogP contribution >= 0.6 is 0 Å². The van der Waals surface area contributed by atoms with Crippen LogP contribution in [0.4, 0.5) is 0 Å². The molecule has 3 rings (SSSR count). The molecule has 0 N–H and O–H groups in total. The van der Waals surface area contributed by atoms with Crippen molar-refractivity contribution in [1.82, 2.24) is 29.9 Å². The Kier molecular flexibility index (Phi) is 5.61. The summed E-state index contributed by atoms with van der Waals surface area (Å²) in [7, 11) is 2.07. The Hall–Kier alpha value is -2.35. The molecular formula is C18H26N6O2. The molecule has 0 aliphatic carbocycles. The lowest BCUT2D eigenvalue weighted by Crippen LogP contribution is -2.35. The number of hydrogen-bond donors (Lipinski definition) is 0. The van der Waals surface area contributed by atoms with Gasteiger partial charge in [0.2, 0.25) is 5.89 Å². The van der Waals surface area contributed by atoms with E-state index in [2.05, 4.69) is 32.1 Å². The molecule has 1 fully saturated rings.